The first-order chi connectivity index (χ1) is 4.64. The predicted molar refractivity (Wildman–Crippen MR) is 42.1 cm³/mol. The third kappa shape index (κ3) is 1.96. The number of hydrogen-bond donors (Lipinski definition) is 1. The molecule has 1 rings (SSSR count). The summed E-state index contributed by atoms with van der Waals surface area (Å²) in [6.07, 6.45) is 1.53. The van der Waals surface area contributed by atoms with E-state index >= 15 is 0 Å². The maximum absolute atomic E-state index is 5.76. The van der Waals surface area contributed by atoms with Crippen LogP contribution in [0.25, 0.3) is 0 Å². The summed E-state index contributed by atoms with van der Waals surface area (Å²) in [5.41, 5.74) is 0.0406. The standard InChI is InChI=1S/C8H17NO/c1-4-7-5-9-6-8(2,3)10-7/h7,9H,4-6H2,1-3H3/t7-/m1/s1. The third-order valence-corrected chi connectivity index (χ3v) is 1.86. The van der Waals surface area contributed by atoms with E-state index in [1.54, 1.807) is 0 Å². The molecular weight excluding hydrogens is 126 g/mol. The van der Waals surface area contributed by atoms with E-state index in [1.807, 2.05) is 0 Å². The van der Waals surface area contributed by atoms with Crippen molar-refractivity contribution >= 4 is 0 Å². The van der Waals surface area contributed by atoms with Crippen LogP contribution < -0.4 is 5.32 Å². The molecule has 0 aromatic heterocycles. The van der Waals surface area contributed by atoms with Gasteiger partial charge in [-0.2, -0.15) is 0 Å². The highest BCUT2D eigenvalue weighted by Crippen LogP contribution is 2.16. The smallest absolute Gasteiger partial charge is 0.0754 e. The lowest BCUT2D eigenvalue weighted by molar-refractivity contribution is -0.0943. The van der Waals surface area contributed by atoms with E-state index in [1.165, 1.54) is 0 Å². The minimum Gasteiger partial charge on any atom is -0.370 e. The number of morpholine rings is 1. The minimum absolute atomic E-state index is 0.0406. The lowest BCUT2D eigenvalue weighted by Crippen LogP contribution is -2.50. The molecule has 1 atom stereocenters. The van der Waals surface area contributed by atoms with Crippen molar-refractivity contribution in [3.05, 3.63) is 0 Å². The first-order valence-corrected chi connectivity index (χ1v) is 4.02. The van der Waals surface area contributed by atoms with Crippen molar-refractivity contribution in [3.63, 3.8) is 0 Å². The van der Waals surface area contributed by atoms with Crippen molar-refractivity contribution in [2.24, 2.45) is 0 Å². The van der Waals surface area contributed by atoms with Crippen LogP contribution in [0.5, 0.6) is 0 Å². The van der Waals surface area contributed by atoms with Crippen LogP contribution in [0.2, 0.25) is 0 Å². The fraction of sp³-hybridized carbons (Fsp3) is 1.00. The highest BCUT2D eigenvalue weighted by atomic mass is 16.5. The van der Waals surface area contributed by atoms with E-state index < -0.39 is 0 Å². The molecule has 60 valence electrons. The average molecular weight is 143 g/mol. The Hall–Kier alpha value is -0.0800. The molecule has 1 aliphatic rings. The van der Waals surface area contributed by atoms with Gasteiger partial charge >= 0.3 is 0 Å². The Labute approximate surface area is 63.0 Å². The van der Waals surface area contributed by atoms with Gasteiger partial charge in [0.1, 0.15) is 0 Å². The topological polar surface area (TPSA) is 21.3 Å². The summed E-state index contributed by atoms with van der Waals surface area (Å²) in [6.45, 7) is 8.40. The molecule has 1 heterocycles. The maximum Gasteiger partial charge on any atom is 0.0754 e. The van der Waals surface area contributed by atoms with E-state index in [2.05, 4.69) is 26.1 Å². The fourth-order valence-electron chi connectivity index (χ4n) is 1.30. The zero-order valence-electron chi connectivity index (χ0n) is 7.11. The summed E-state index contributed by atoms with van der Waals surface area (Å²) < 4.78 is 5.76. The number of hydrogen-bond acceptors (Lipinski definition) is 2. The van der Waals surface area contributed by atoms with Gasteiger partial charge in [0.25, 0.3) is 0 Å². The molecule has 0 spiro atoms. The first-order valence-electron chi connectivity index (χ1n) is 4.02. The molecule has 10 heavy (non-hydrogen) atoms. The maximum atomic E-state index is 5.76. The van der Waals surface area contributed by atoms with Crippen molar-refractivity contribution in [1.29, 1.82) is 0 Å². The highest BCUT2D eigenvalue weighted by Gasteiger charge is 2.26. The molecule has 2 heteroatoms. The molecule has 0 aromatic rings. The zero-order chi connectivity index (χ0) is 7.61. The SMILES string of the molecule is CC[C@@H]1CNCC(C)(C)O1. The Bertz CT molecular complexity index is 112. The van der Waals surface area contributed by atoms with Crippen LogP contribution in [-0.2, 0) is 4.74 Å². The molecular formula is C8H17NO. The highest BCUT2D eigenvalue weighted by molar-refractivity contribution is 4.80. The molecule has 0 amide bonds. The zero-order valence-corrected chi connectivity index (χ0v) is 7.11. The molecule has 1 N–H and O–H groups in total. The van der Waals surface area contributed by atoms with Gasteiger partial charge in [-0.25, -0.2) is 0 Å². The number of nitrogens with one attached hydrogen (secondary N) is 1. The van der Waals surface area contributed by atoms with Crippen LogP contribution in [0.1, 0.15) is 27.2 Å². The molecule has 0 saturated carbocycles. The van der Waals surface area contributed by atoms with Gasteiger partial charge in [-0.05, 0) is 20.3 Å². The molecule has 0 aromatic carbocycles. The van der Waals surface area contributed by atoms with Crippen molar-refractivity contribution < 1.29 is 4.74 Å². The fourth-order valence-corrected chi connectivity index (χ4v) is 1.30. The van der Waals surface area contributed by atoms with Crippen LogP contribution in [-0.4, -0.2) is 24.8 Å². The summed E-state index contributed by atoms with van der Waals surface area (Å²) in [5, 5.41) is 3.35. The van der Waals surface area contributed by atoms with Gasteiger partial charge in [0.2, 0.25) is 0 Å². The third-order valence-electron chi connectivity index (χ3n) is 1.86. The van der Waals surface area contributed by atoms with Crippen LogP contribution >= 0.6 is 0 Å². The number of rotatable bonds is 1. The van der Waals surface area contributed by atoms with Gasteiger partial charge in [-0.15, -0.1) is 0 Å². The molecule has 0 radical (unpaired) electrons. The van der Waals surface area contributed by atoms with E-state index in [4.69, 9.17) is 4.74 Å². The molecule has 1 fully saturated rings. The second-order valence-corrected chi connectivity index (χ2v) is 3.54. The summed E-state index contributed by atoms with van der Waals surface area (Å²) in [6, 6.07) is 0. The Morgan fingerprint density at radius 3 is 2.70 bits per heavy atom. The van der Waals surface area contributed by atoms with E-state index in [-0.39, 0.29) is 5.60 Å². The monoisotopic (exact) mass is 143 g/mol. The van der Waals surface area contributed by atoms with Gasteiger partial charge in [-0.3, -0.25) is 0 Å². The van der Waals surface area contributed by atoms with Gasteiger partial charge < -0.3 is 10.1 Å². The normalized spacial score (nSPS) is 32.1. The Morgan fingerprint density at radius 1 is 1.60 bits per heavy atom. The predicted octanol–water partition coefficient (Wildman–Crippen LogP) is 1.16. The Morgan fingerprint density at radius 2 is 2.30 bits per heavy atom. The quantitative estimate of drug-likeness (QED) is 0.595. The number of ether oxygens (including phenoxy) is 1. The molecule has 1 aliphatic heterocycles. The van der Waals surface area contributed by atoms with Gasteiger partial charge in [0.15, 0.2) is 0 Å². The second kappa shape index (κ2) is 2.89. The van der Waals surface area contributed by atoms with Gasteiger partial charge in [0, 0.05) is 13.1 Å². The molecule has 1 saturated heterocycles. The van der Waals surface area contributed by atoms with Crippen molar-refractivity contribution in [1.82, 2.24) is 5.32 Å². The molecule has 0 bridgehead atoms. The van der Waals surface area contributed by atoms with Gasteiger partial charge in [-0.1, -0.05) is 6.92 Å². The van der Waals surface area contributed by atoms with Gasteiger partial charge in [0.05, 0.1) is 11.7 Å². The molecule has 2 nitrogen and oxygen atoms in total. The van der Waals surface area contributed by atoms with Crippen LogP contribution in [0, 0.1) is 0 Å². The van der Waals surface area contributed by atoms with E-state index in [0.717, 1.165) is 19.5 Å². The van der Waals surface area contributed by atoms with E-state index in [0.29, 0.717) is 6.10 Å². The Kier molecular flexibility index (Phi) is 2.32. The average Bonchev–Trinajstić information content (AvgIpc) is 1.86. The molecule has 0 unspecified atom stereocenters. The lowest BCUT2D eigenvalue weighted by atomic mass is 10.1. The van der Waals surface area contributed by atoms with E-state index in [9.17, 15) is 0 Å². The summed E-state index contributed by atoms with van der Waals surface area (Å²) >= 11 is 0. The first kappa shape index (κ1) is 8.02. The Balaban J connectivity index is 2.40. The summed E-state index contributed by atoms with van der Waals surface area (Å²) in [4.78, 5) is 0. The second-order valence-electron chi connectivity index (χ2n) is 3.54. The van der Waals surface area contributed by atoms with Crippen LogP contribution in [0.3, 0.4) is 0 Å². The lowest BCUT2D eigenvalue weighted by Gasteiger charge is -2.36. The van der Waals surface area contributed by atoms with Crippen molar-refractivity contribution in [2.45, 2.75) is 38.9 Å². The van der Waals surface area contributed by atoms with Crippen LogP contribution in [0.4, 0.5) is 0 Å². The summed E-state index contributed by atoms with van der Waals surface area (Å²) in [5.74, 6) is 0. The van der Waals surface area contributed by atoms with Crippen LogP contribution in [0.15, 0.2) is 0 Å². The van der Waals surface area contributed by atoms with Crippen molar-refractivity contribution in [2.75, 3.05) is 13.1 Å². The summed E-state index contributed by atoms with van der Waals surface area (Å²) in [7, 11) is 0. The van der Waals surface area contributed by atoms with Crippen molar-refractivity contribution in [3.8, 4) is 0 Å². The minimum atomic E-state index is 0.0406. The largest absolute Gasteiger partial charge is 0.370 e. The molecule has 0 aliphatic carbocycles.